The highest BCUT2D eigenvalue weighted by Gasteiger charge is 2.27. The molecular weight excluding hydrogens is 300 g/mol. The van der Waals surface area contributed by atoms with E-state index in [1.165, 1.54) is 33.7 Å². The van der Waals surface area contributed by atoms with Gasteiger partial charge in [-0.25, -0.2) is 0 Å². The first-order chi connectivity index (χ1) is 11.4. The molecule has 3 aromatic rings. The van der Waals surface area contributed by atoms with Crippen molar-refractivity contribution in [3.63, 3.8) is 0 Å². The standard InChI is InChI=1S/C20H22N2S/c1-21-13-16-11-12-23-20-19(16)17-9-5-6-10-18(17)22(20)14-15-7-3-2-4-8-15/h2-10,16,21H,11-14H2,1H3. The zero-order chi connectivity index (χ0) is 15.6. The smallest absolute Gasteiger partial charge is 0.0798 e. The molecule has 2 heterocycles. The zero-order valence-electron chi connectivity index (χ0n) is 13.5. The number of hydrogen-bond acceptors (Lipinski definition) is 2. The van der Waals surface area contributed by atoms with Crippen LogP contribution in [0.15, 0.2) is 59.6 Å². The highest BCUT2D eigenvalue weighted by atomic mass is 32.2. The third-order valence-electron chi connectivity index (χ3n) is 4.71. The first-order valence-corrected chi connectivity index (χ1v) is 9.29. The fourth-order valence-corrected chi connectivity index (χ4v) is 5.02. The van der Waals surface area contributed by atoms with E-state index in [1.807, 2.05) is 11.8 Å². The fraction of sp³-hybridized carbons (Fsp3) is 0.300. The van der Waals surface area contributed by atoms with Crippen molar-refractivity contribution in [3.8, 4) is 0 Å². The number of fused-ring (bicyclic) bond motifs is 3. The molecule has 3 heteroatoms. The first-order valence-electron chi connectivity index (χ1n) is 8.31. The van der Waals surface area contributed by atoms with Crippen LogP contribution in [0.2, 0.25) is 0 Å². The normalized spacial score (nSPS) is 17.3. The summed E-state index contributed by atoms with van der Waals surface area (Å²) in [6.07, 6.45) is 1.26. The summed E-state index contributed by atoms with van der Waals surface area (Å²) in [5, 5.41) is 6.29. The SMILES string of the molecule is CNCC1CCSc2c1c1ccccc1n2Cc1ccccc1. The summed E-state index contributed by atoms with van der Waals surface area (Å²) in [4.78, 5) is 0. The van der Waals surface area contributed by atoms with Crippen LogP contribution in [0.4, 0.5) is 0 Å². The summed E-state index contributed by atoms with van der Waals surface area (Å²) in [6, 6.07) is 19.7. The molecule has 0 saturated heterocycles. The van der Waals surface area contributed by atoms with E-state index < -0.39 is 0 Å². The van der Waals surface area contributed by atoms with Gasteiger partial charge in [-0.3, -0.25) is 0 Å². The zero-order valence-corrected chi connectivity index (χ0v) is 14.3. The van der Waals surface area contributed by atoms with Gasteiger partial charge in [0, 0.05) is 35.7 Å². The number of aromatic nitrogens is 1. The van der Waals surface area contributed by atoms with E-state index in [4.69, 9.17) is 0 Å². The Hall–Kier alpha value is -1.71. The van der Waals surface area contributed by atoms with Gasteiger partial charge in [0.05, 0.1) is 5.03 Å². The van der Waals surface area contributed by atoms with Crippen molar-refractivity contribution >= 4 is 22.7 Å². The van der Waals surface area contributed by atoms with Gasteiger partial charge in [0.15, 0.2) is 0 Å². The van der Waals surface area contributed by atoms with Crippen LogP contribution in [0.1, 0.15) is 23.5 Å². The molecule has 0 amide bonds. The number of para-hydroxylation sites is 1. The summed E-state index contributed by atoms with van der Waals surface area (Å²) < 4.78 is 2.52. The minimum Gasteiger partial charge on any atom is -0.331 e. The molecule has 0 spiro atoms. The van der Waals surface area contributed by atoms with Crippen LogP contribution in [-0.2, 0) is 6.54 Å². The molecule has 4 rings (SSSR count). The van der Waals surface area contributed by atoms with E-state index in [9.17, 15) is 0 Å². The van der Waals surface area contributed by atoms with Crippen LogP contribution < -0.4 is 5.32 Å². The van der Waals surface area contributed by atoms with Crippen LogP contribution >= 0.6 is 11.8 Å². The third kappa shape index (κ3) is 2.68. The van der Waals surface area contributed by atoms with Crippen molar-refractivity contribution in [2.45, 2.75) is 23.9 Å². The van der Waals surface area contributed by atoms with Crippen molar-refractivity contribution in [2.24, 2.45) is 0 Å². The molecule has 2 aromatic carbocycles. The number of likely N-dealkylation sites (N-methyl/N-ethyl adjacent to an activating group) is 1. The highest BCUT2D eigenvalue weighted by Crippen LogP contribution is 2.43. The molecule has 0 radical (unpaired) electrons. The maximum atomic E-state index is 3.38. The molecule has 0 fully saturated rings. The van der Waals surface area contributed by atoms with E-state index in [2.05, 4.69) is 71.5 Å². The average molecular weight is 322 g/mol. The van der Waals surface area contributed by atoms with E-state index >= 15 is 0 Å². The molecule has 2 nitrogen and oxygen atoms in total. The number of hydrogen-bond donors (Lipinski definition) is 1. The molecule has 0 aliphatic carbocycles. The second kappa shape index (κ2) is 6.42. The number of rotatable bonds is 4. The van der Waals surface area contributed by atoms with Gasteiger partial charge in [0.1, 0.15) is 0 Å². The lowest BCUT2D eigenvalue weighted by atomic mass is 9.95. The Morgan fingerprint density at radius 1 is 1.09 bits per heavy atom. The van der Waals surface area contributed by atoms with Crippen LogP contribution in [0.25, 0.3) is 10.9 Å². The van der Waals surface area contributed by atoms with E-state index in [1.54, 1.807) is 5.56 Å². The predicted molar refractivity (Wildman–Crippen MR) is 99.5 cm³/mol. The Kier molecular flexibility index (Phi) is 4.15. The lowest BCUT2D eigenvalue weighted by Gasteiger charge is -2.24. The van der Waals surface area contributed by atoms with Gasteiger partial charge in [-0.15, -0.1) is 11.8 Å². The van der Waals surface area contributed by atoms with Crippen molar-refractivity contribution in [1.29, 1.82) is 0 Å². The van der Waals surface area contributed by atoms with Gasteiger partial charge in [0.25, 0.3) is 0 Å². The Bertz CT molecular complexity index is 807. The largest absolute Gasteiger partial charge is 0.331 e. The molecule has 118 valence electrons. The summed E-state index contributed by atoms with van der Waals surface area (Å²) in [6.45, 7) is 2.02. The average Bonchev–Trinajstić information content (AvgIpc) is 2.92. The van der Waals surface area contributed by atoms with Crippen LogP contribution in [0.3, 0.4) is 0 Å². The molecule has 1 unspecified atom stereocenters. The number of thioether (sulfide) groups is 1. The highest BCUT2D eigenvalue weighted by molar-refractivity contribution is 7.99. The minimum absolute atomic E-state index is 0.623. The van der Waals surface area contributed by atoms with Crippen LogP contribution in [-0.4, -0.2) is 23.9 Å². The summed E-state index contributed by atoms with van der Waals surface area (Å²) in [5.74, 6) is 1.84. The lowest BCUT2D eigenvalue weighted by Crippen LogP contribution is -2.20. The van der Waals surface area contributed by atoms with E-state index in [0.29, 0.717) is 5.92 Å². The van der Waals surface area contributed by atoms with Gasteiger partial charge in [-0.05, 0) is 30.7 Å². The van der Waals surface area contributed by atoms with Gasteiger partial charge in [-0.2, -0.15) is 0 Å². The Labute approximate surface area is 141 Å². The van der Waals surface area contributed by atoms with Gasteiger partial charge < -0.3 is 9.88 Å². The van der Waals surface area contributed by atoms with Crippen molar-refractivity contribution in [3.05, 3.63) is 65.7 Å². The molecule has 1 aromatic heterocycles. The molecule has 1 N–H and O–H groups in total. The molecule has 1 aliphatic heterocycles. The Balaban J connectivity index is 1.87. The van der Waals surface area contributed by atoms with Crippen LogP contribution in [0, 0.1) is 0 Å². The Morgan fingerprint density at radius 3 is 2.70 bits per heavy atom. The first kappa shape index (κ1) is 14.9. The Morgan fingerprint density at radius 2 is 1.87 bits per heavy atom. The summed E-state index contributed by atoms with van der Waals surface area (Å²) in [7, 11) is 2.06. The maximum Gasteiger partial charge on any atom is 0.0798 e. The van der Waals surface area contributed by atoms with Crippen molar-refractivity contribution in [2.75, 3.05) is 19.3 Å². The minimum atomic E-state index is 0.623. The molecule has 0 saturated carbocycles. The molecular formula is C20H22N2S. The summed E-state index contributed by atoms with van der Waals surface area (Å²) >= 11 is 2.03. The number of nitrogens with one attached hydrogen (secondary N) is 1. The van der Waals surface area contributed by atoms with Crippen molar-refractivity contribution < 1.29 is 0 Å². The quantitative estimate of drug-likeness (QED) is 0.762. The van der Waals surface area contributed by atoms with E-state index in [-0.39, 0.29) is 0 Å². The molecule has 0 bridgehead atoms. The third-order valence-corrected chi connectivity index (χ3v) is 5.86. The van der Waals surface area contributed by atoms with Gasteiger partial charge in [-0.1, -0.05) is 48.5 Å². The second-order valence-corrected chi connectivity index (χ2v) is 7.28. The van der Waals surface area contributed by atoms with Gasteiger partial charge >= 0.3 is 0 Å². The van der Waals surface area contributed by atoms with Crippen molar-refractivity contribution in [1.82, 2.24) is 9.88 Å². The number of nitrogens with zero attached hydrogens (tertiary/aromatic N) is 1. The predicted octanol–water partition coefficient (Wildman–Crippen LogP) is 4.49. The molecule has 1 atom stereocenters. The summed E-state index contributed by atoms with van der Waals surface area (Å²) in [5.41, 5.74) is 4.30. The second-order valence-electron chi connectivity index (χ2n) is 6.20. The monoisotopic (exact) mass is 322 g/mol. The van der Waals surface area contributed by atoms with Crippen LogP contribution in [0.5, 0.6) is 0 Å². The van der Waals surface area contributed by atoms with E-state index in [0.717, 1.165) is 13.1 Å². The molecule has 23 heavy (non-hydrogen) atoms. The molecule has 1 aliphatic rings. The van der Waals surface area contributed by atoms with Gasteiger partial charge in [0.2, 0.25) is 0 Å². The fourth-order valence-electron chi connectivity index (χ4n) is 3.67. The number of benzene rings is 2. The maximum absolute atomic E-state index is 3.38. The topological polar surface area (TPSA) is 17.0 Å². The lowest BCUT2D eigenvalue weighted by molar-refractivity contribution is 0.590.